The lowest BCUT2D eigenvalue weighted by Crippen LogP contribution is -3.08. The standard InChI is InChI=1S/C20H18BrNO3/c21-16-6-2-1-5-13(16)11-18-19(24)14-7-8-17(23)15(20(14)25-18)12-22-9-3-4-10-22/h1-2,5-8,11,23H,3-4,9-10,12H2/p+1/b18-11-. The fourth-order valence-electron chi connectivity index (χ4n) is 3.50. The zero-order valence-corrected chi connectivity index (χ0v) is 15.3. The summed E-state index contributed by atoms with van der Waals surface area (Å²) in [5.74, 6) is 0.879. The molecule has 1 saturated heterocycles. The van der Waals surface area contributed by atoms with E-state index in [0.717, 1.165) is 28.7 Å². The van der Waals surface area contributed by atoms with Gasteiger partial charge in [-0.15, -0.1) is 0 Å². The molecule has 2 aliphatic rings. The minimum Gasteiger partial charge on any atom is -0.507 e. The van der Waals surface area contributed by atoms with Crippen molar-refractivity contribution in [2.75, 3.05) is 13.1 Å². The predicted octanol–water partition coefficient (Wildman–Crippen LogP) is 2.95. The second-order valence-corrected chi connectivity index (χ2v) is 7.39. The Morgan fingerprint density at radius 1 is 1.16 bits per heavy atom. The summed E-state index contributed by atoms with van der Waals surface area (Å²) in [6.07, 6.45) is 4.16. The van der Waals surface area contributed by atoms with E-state index in [1.807, 2.05) is 24.3 Å². The summed E-state index contributed by atoms with van der Waals surface area (Å²) in [5, 5.41) is 10.3. The van der Waals surface area contributed by atoms with Crippen LogP contribution < -0.4 is 9.64 Å². The van der Waals surface area contributed by atoms with Crippen LogP contribution in [-0.4, -0.2) is 24.0 Å². The molecule has 2 heterocycles. The van der Waals surface area contributed by atoms with Crippen LogP contribution in [0.25, 0.3) is 6.08 Å². The van der Waals surface area contributed by atoms with Gasteiger partial charge in [0.1, 0.15) is 12.3 Å². The van der Waals surface area contributed by atoms with Crippen LogP contribution in [0.3, 0.4) is 0 Å². The number of ketones is 1. The molecular weight excluding hydrogens is 382 g/mol. The van der Waals surface area contributed by atoms with Crippen LogP contribution in [0.5, 0.6) is 11.5 Å². The van der Waals surface area contributed by atoms with E-state index in [4.69, 9.17) is 4.74 Å². The number of fused-ring (bicyclic) bond motifs is 1. The molecule has 0 atom stereocenters. The first kappa shape index (κ1) is 16.4. The lowest BCUT2D eigenvalue weighted by molar-refractivity contribution is -0.901. The maximum absolute atomic E-state index is 12.7. The highest BCUT2D eigenvalue weighted by Crippen LogP contribution is 2.39. The Morgan fingerprint density at radius 2 is 1.92 bits per heavy atom. The van der Waals surface area contributed by atoms with Gasteiger partial charge in [-0.2, -0.15) is 0 Å². The lowest BCUT2D eigenvalue weighted by atomic mass is 10.0. The Balaban J connectivity index is 1.70. The fourth-order valence-corrected chi connectivity index (χ4v) is 3.90. The van der Waals surface area contributed by atoms with Gasteiger partial charge in [-0.05, 0) is 29.8 Å². The number of aromatic hydroxyl groups is 1. The second kappa shape index (κ2) is 6.65. The van der Waals surface area contributed by atoms with E-state index in [0.29, 0.717) is 23.6 Å². The Morgan fingerprint density at radius 3 is 2.68 bits per heavy atom. The molecule has 2 aromatic carbocycles. The van der Waals surface area contributed by atoms with Crippen LogP contribution in [0.2, 0.25) is 0 Å². The average Bonchev–Trinajstić information content (AvgIpc) is 3.21. The van der Waals surface area contributed by atoms with E-state index in [2.05, 4.69) is 15.9 Å². The van der Waals surface area contributed by atoms with Gasteiger partial charge in [-0.25, -0.2) is 0 Å². The maximum Gasteiger partial charge on any atom is 0.231 e. The molecule has 0 radical (unpaired) electrons. The maximum atomic E-state index is 12.7. The fraction of sp³-hybridized carbons (Fsp3) is 0.250. The highest BCUT2D eigenvalue weighted by Gasteiger charge is 2.33. The molecule has 0 spiro atoms. The lowest BCUT2D eigenvalue weighted by Gasteiger charge is -2.15. The van der Waals surface area contributed by atoms with Crippen LogP contribution in [0, 0.1) is 0 Å². The van der Waals surface area contributed by atoms with Crippen molar-refractivity contribution in [3.8, 4) is 11.5 Å². The number of hydrogen-bond acceptors (Lipinski definition) is 3. The monoisotopic (exact) mass is 400 g/mol. The average molecular weight is 401 g/mol. The number of rotatable bonds is 3. The first-order chi connectivity index (χ1) is 12.1. The van der Waals surface area contributed by atoms with Gasteiger partial charge in [-0.3, -0.25) is 4.79 Å². The summed E-state index contributed by atoms with van der Waals surface area (Å²) in [6.45, 7) is 2.87. The summed E-state index contributed by atoms with van der Waals surface area (Å²) < 4.78 is 6.82. The number of likely N-dealkylation sites (tertiary alicyclic amines) is 1. The van der Waals surface area contributed by atoms with E-state index in [1.54, 1.807) is 18.2 Å². The van der Waals surface area contributed by atoms with E-state index >= 15 is 0 Å². The van der Waals surface area contributed by atoms with Crippen molar-refractivity contribution >= 4 is 27.8 Å². The molecule has 0 aromatic heterocycles. The quantitative estimate of drug-likeness (QED) is 0.778. The van der Waals surface area contributed by atoms with Crippen LogP contribution in [0.15, 0.2) is 46.6 Å². The molecule has 4 rings (SSSR count). The number of carbonyl (C=O) groups is 1. The largest absolute Gasteiger partial charge is 0.507 e. The highest BCUT2D eigenvalue weighted by molar-refractivity contribution is 9.10. The summed E-state index contributed by atoms with van der Waals surface area (Å²) in [5.41, 5.74) is 2.15. The molecule has 0 amide bonds. The molecule has 0 unspecified atom stereocenters. The van der Waals surface area contributed by atoms with Gasteiger partial charge in [0.25, 0.3) is 0 Å². The summed E-state index contributed by atoms with van der Waals surface area (Å²) in [4.78, 5) is 14.1. The third kappa shape index (κ3) is 3.10. The number of quaternary nitrogens is 1. The van der Waals surface area contributed by atoms with Gasteiger partial charge in [0.2, 0.25) is 5.78 Å². The van der Waals surface area contributed by atoms with E-state index < -0.39 is 0 Å². The zero-order valence-electron chi connectivity index (χ0n) is 13.7. The smallest absolute Gasteiger partial charge is 0.231 e. The summed E-state index contributed by atoms with van der Waals surface area (Å²) in [6, 6.07) is 10.9. The second-order valence-electron chi connectivity index (χ2n) is 6.54. The van der Waals surface area contributed by atoms with Gasteiger partial charge in [-0.1, -0.05) is 34.1 Å². The van der Waals surface area contributed by atoms with Gasteiger partial charge in [0.15, 0.2) is 11.5 Å². The van der Waals surface area contributed by atoms with E-state index in [-0.39, 0.29) is 11.5 Å². The number of hydrogen-bond donors (Lipinski definition) is 2. The minimum atomic E-state index is -0.136. The molecule has 2 aromatic rings. The van der Waals surface area contributed by atoms with Crippen molar-refractivity contribution in [2.24, 2.45) is 0 Å². The molecule has 2 aliphatic heterocycles. The Bertz CT molecular complexity index is 869. The molecule has 0 bridgehead atoms. The zero-order chi connectivity index (χ0) is 17.4. The number of benzene rings is 2. The number of nitrogens with one attached hydrogen (secondary N) is 1. The Kier molecular flexibility index (Phi) is 4.36. The van der Waals surface area contributed by atoms with E-state index in [1.165, 1.54) is 17.7 Å². The number of ether oxygens (including phenoxy) is 1. The molecule has 1 fully saturated rings. The molecule has 128 valence electrons. The highest BCUT2D eigenvalue weighted by atomic mass is 79.9. The van der Waals surface area contributed by atoms with Crippen LogP contribution in [0.1, 0.15) is 34.3 Å². The molecule has 5 heteroatoms. The number of carbonyl (C=O) groups excluding carboxylic acids is 1. The first-order valence-electron chi connectivity index (χ1n) is 8.50. The molecular formula is C20H19BrNO3+. The molecule has 0 aliphatic carbocycles. The number of Topliss-reactive ketones (excluding diaryl/α,β-unsaturated/α-hetero) is 1. The number of phenols is 1. The third-order valence-corrected chi connectivity index (χ3v) is 5.57. The van der Waals surface area contributed by atoms with Gasteiger partial charge in [0, 0.05) is 17.3 Å². The molecule has 0 saturated carbocycles. The Hall–Kier alpha value is -2.11. The molecule has 25 heavy (non-hydrogen) atoms. The normalized spacial score (nSPS) is 18.6. The van der Waals surface area contributed by atoms with Crippen LogP contribution >= 0.6 is 15.9 Å². The van der Waals surface area contributed by atoms with Crippen molar-refractivity contribution in [1.29, 1.82) is 0 Å². The van der Waals surface area contributed by atoms with Gasteiger partial charge in [0.05, 0.1) is 24.2 Å². The number of allylic oxidation sites excluding steroid dienone is 1. The predicted molar refractivity (Wildman–Crippen MR) is 98.8 cm³/mol. The SMILES string of the molecule is O=C1/C(=C/c2ccccc2Br)Oc2c1ccc(O)c2C[NH+]1CCCC1. The number of phenolic OH excluding ortho intramolecular Hbond substituents is 1. The third-order valence-electron chi connectivity index (χ3n) is 4.85. The van der Waals surface area contributed by atoms with Crippen molar-refractivity contribution in [3.63, 3.8) is 0 Å². The van der Waals surface area contributed by atoms with Crippen molar-refractivity contribution in [3.05, 3.63) is 63.3 Å². The number of halogens is 1. The minimum absolute atomic E-state index is 0.136. The topological polar surface area (TPSA) is 51.0 Å². The Labute approximate surface area is 154 Å². The molecule has 2 N–H and O–H groups in total. The van der Waals surface area contributed by atoms with Crippen molar-refractivity contribution < 1.29 is 19.5 Å². The first-order valence-corrected chi connectivity index (χ1v) is 9.30. The molecule has 4 nitrogen and oxygen atoms in total. The van der Waals surface area contributed by atoms with Crippen molar-refractivity contribution in [1.82, 2.24) is 0 Å². The van der Waals surface area contributed by atoms with Crippen LogP contribution in [-0.2, 0) is 6.54 Å². The van der Waals surface area contributed by atoms with E-state index in [9.17, 15) is 9.90 Å². The van der Waals surface area contributed by atoms with Gasteiger partial charge >= 0.3 is 0 Å². The van der Waals surface area contributed by atoms with Crippen molar-refractivity contribution in [2.45, 2.75) is 19.4 Å². The summed E-state index contributed by atoms with van der Waals surface area (Å²) >= 11 is 3.49. The van der Waals surface area contributed by atoms with Gasteiger partial charge < -0.3 is 14.7 Å². The summed E-state index contributed by atoms with van der Waals surface area (Å²) in [7, 11) is 0. The van der Waals surface area contributed by atoms with Crippen LogP contribution in [0.4, 0.5) is 0 Å².